The first kappa shape index (κ1) is 16.0. The fourth-order valence-corrected chi connectivity index (χ4v) is 2.06. The molecule has 1 nitrogen and oxygen atoms in total. The summed E-state index contributed by atoms with van der Waals surface area (Å²) in [5.41, 5.74) is 0.347. The minimum Gasteiger partial charge on any atom is -0.298 e. The minimum atomic E-state index is 0.347. The molecule has 0 heterocycles. The van der Waals surface area contributed by atoms with Crippen molar-refractivity contribution in [3.8, 4) is 0 Å². The van der Waals surface area contributed by atoms with Gasteiger partial charge in [0.1, 0.15) is 0 Å². The molecule has 0 aromatic carbocycles. The van der Waals surface area contributed by atoms with Crippen molar-refractivity contribution < 1.29 is 0 Å². The molecule has 98 valence electrons. The second-order valence-electron chi connectivity index (χ2n) is 5.93. The number of rotatable bonds is 9. The molecule has 0 aromatic heterocycles. The van der Waals surface area contributed by atoms with E-state index in [1.54, 1.807) is 0 Å². The maximum Gasteiger partial charge on any atom is 0.0125 e. The van der Waals surface area contributed by atoms with Crippen molar-refractivity contribution in [3.63, 3.8) is 0 Å². The molecule has 0 spiro atoms. The molecular formula is C15H33N. The highest BCUT2D eigenvalue weighted by molar-refractivity contribution is 4.76. The Labute approximate surface area is 104 Å². The van der Waals surface area contributed by atoms with E-state index < -0.39 is 0 Å². The zero-order valence-electron chi connectivity index (χ0n) is 12.3. The van der Waals surface area contributed by atoms with Gasteiger partial charge in [0.2, 0.25) is 0 Å². The third-order valence-electron chi connectivity index (χ3n) is 3.26. The van der Waals surface area contributed by atoms with Gasteiger partial charge in [-0.3, -0.25) is 4.90 Å². The summed E-state index contributed by atoms with van der Waals surface area (Å²) in [7, 11) is 0. The van der Waals surface area contributed by atoms with Crippen molar-refractivity contribution in [2.75, 3.05) is 13.1 Å². The summed E-state index contributed by atoms with van der Waals surface area (Å²) in [6, 6.07) is 0. The Balaban J connectivity index is 3.82. The normalized spacial score (nSPS) is 12.4. The lowest BCUT2D eigenvalue weighted by Crippen LogP contribution is -2.42. The number of hydrogen-bond acceptors (Lipinski definition) is 1. The molecular weight excluding hydrogens is 194 g/mol. The first-order valence-electron chi connectivity index (χ1n) is 7.27. The molecule has 0 atom stereocenters. The van der Waals surface area contributed by atoms with Gasteiger partial charge in [-0.15, -0.1) is 0 Å². The van der Waals surface area contributed by atoms with Crippen LogP contribution in [-0.4, -0.2) is 23.5 Å². The Morgan fingerprint density at radius 1 is 0.688 bits per heavy atom. The number of nitrogens with zero attached hydrogens (tertiary/aromatic N) is 1. The largest absolute Gasteiger partial charge is 0.298 e. The monoisotopic (exact) mass is 227 g/mol. The summed E-state index contributed by atoms with van der Waals surface area (Å²) in [4.78, 5) is 2.66. The summed E-state index contributed by atoms with van der Waals surface area (Å²) in [5, 5.41) is 0. The van der Waals surface area contributed by atoms with Gasteiger partial charge in [0, 0.05) is 5.54 Å². The lowest BCUT2D eigenvalue weighted by atomic mass is 10.0. The van der Waals surface area contributed by atoms with Gasteiger partial charge in [0.25, 0.3) is 0 Å². The molecule has 0 bridgehead atoms. The molecule has 0 fully saturated rings. The van der Waals surface area contributed by atoms with E-state index in [-0.39, 0.29) is 0 Å². The summed E-state index contributed by atoms with van der Waals surface area (Å²) in [6.45, 7) is 14.2. The van der Waals surface area contributed by atoms with E-state index >= 15 is 0 Å². The first-order valence-corrected chi connectivity index (χ1v) is 7.27. The summed E-state index contributed by atoms with van der Waals surface area (Å²) < 4.78 is 0. The van der Waals surface area contributed by atoms with E-state index in [0.29, 0.717) is 5.54 Å². The molecule has 0 radical (unpaired) electrons. The smallest absolute Gasteiger partial charge is 0.0125 e. The first-order chi connectivity index (χ1) is 7.52. The predicted molar refractivity (Wildman–Crippen MR) is 75.0 cm³/mol. The molecule has 0 amide bonds. The Bertz CT molecular complexity index is 146. The van der Waals surface area contributed by atoms with Crippen molar-refractivity contribution >= 4 is 0 Å². The fraction of sp³-hybridized carbons (Fsp3) is 1.00. The van der Waals surface area contributed by atoms with Crippen LogP contribution in [0.2, 0.25) is 0 Å². The van der Waals surface area contributed by atoms with Crippen LogP contribution in [-0.2, 0) is 0 Å². The van der Waals surface area contributed by atoms with E-state index in [9.17, 15) is 0 Å². The molecule has 16 heavy (non-hydrogen) atoms. The van der Waals surface area contributed by atoms with Gasteiger partial charge < -0.3 is 0 Å². The molecule has 1 heteroatoms. The molecule has 0 N–H and O–H groups in total. The highest BCUT2D eigenvalue weighted by Gasteiger charge is 2.19. The van der Waals surface area contributed by atoms with E-state index in [4.69, 9.17) is 0 Å². The van der Waals surface area contributed by atoms with Crippen molar-refractivity contribution in [2.24, 2.45) is 0 Å². The highest BCUT2D eigenvalue weighted by atomic mass is 15.2. The lowest BCUT2D eigenvalue weighted by Gasteiger charge is -2.35. The fourth-order valence-electron chi connectivity index (χ4n) is 2.06. The van der Waals surface area contributed by atoms with Gasteiger partial charge in [-0.05, 0) is 46.7 Å². The van der Waals surface area contributed by atoms with Crippen molar-refractivity contribution in [1.82, 2.24) is 4.90 Å². The standard InChI is InChI=1S/C15H33N/c1-6-8-10-12-14-16(15(3,4)5)13-11-9-7-2/h6-14H2,1-5H3. The van der Waals surface area contributed by atoms with E-state index in [1.165, 1.54) is 58.0 Å². The Morgan fingerprint density at radius 2 is 1.12 bits per heavy atom. The topological polar surface area (TPSA) is 3.24 Å². The van der Waals surface area contributed by atoms with Crippen LogP contribution in [0.1, 0.15) is 79.6 Å². The average molecular weight is 227 g/mol. The van der Waals surface area contributed by atoms with Crippen LogP contribution in [0.4, 0.5) is 0 Å². The van der Waals surface area contributed by atoms with Gasteiger partial charge in [0.15, 0.2) is 0 Å². The number of unbranched alkanes of at least 4 members (excludes halogenated alkanes) is 5. The summed E-state index contributed by atoms with van der Waals surface area (Å²) in [6.07, 6.45) is 9.57. The number of hydrogen-bond donors (Lipinski definition) is 0. The van der Waals surface area contributed by atoms with Gasteiger partial charge in [-0.1, -0.05) is 46.0 Å². The molecule has 0 aliphatic rings. The van der Waals surface area contributed by atoms with Gasteiger partial charge in [-0.25, -0.2) is 0 Å². The Morgan fingerprint density at radius 3 is 1.56 bits per heavy atom. The highest BCUT2D eigenvalue weighted by Crippen LogP contribution is 2.16. The molecule has 0 unspecified atom stereocenters. The summed E-state index contributed by atoms with van der Waals surface area (Å²) in [5.74, 6) is 0. The van der Waals surface area contributed by atoms with E-state index in [0.717, 1.165) is 0 Å². The van der Waals surface area contributed by atoms with Gasteiger partial charge in [-0.2, -0.15) is 0 Å². The quantitative estimate of drug-likeness (QED) is 0.509. The van der Waals surface area contributed by atoms with Crippen LogP contribution in [0.3, 0.4) is 0 Å². The third kappa shape index (κ3) is 8.15. The SMILES string of the molecule is CCCCCCN(CCCCC)C(C)(C)C. The zero-order valence-corrected chi connectivity index (χ0v) is 12.3. The summed E-state index contributed by atoms with van der Waals surface area (Å²) >= 11 is 0. The van der Waals surface area contributed by atoms with Crippen molar-refractivity contribution in [2.45, 2.75) is 85.1 Å². The van der Waals surface area contributed by atoms with Crippen molar-refractivity contribution in [3.05, 3.63) is 0 Å². The van der Waals surface area contributed by atoms with Crippen LogP contribution in [0.25, 0.3) is 0 Å². The second-order valence-corrected chi connectivity index (χ2v) is 5.93. The van der Waals surface area contributed by atoms with Crippen LogP contribution in [0, 0.1) is 0 Å². The third-order valence-corrected chi connectivity index (χ3v) is 3.26. The van der Waals surface area contributed by atoms with Gasteiger partial charge >= 0.3 is 0 Å². The molecule has 0 aromatic rings. The maximum atomic E-state index is 2.66. The van der Waals surface area contributed by atoms with Gasteiger partial charge in [0.05, 0.1) is 0 Å². The predicted octanol–water partition coefficient (Wildman–Crippen LogP) is 4.86. The Hall–Kier alpha value is -0.0400. The van der Waals surface area contributed by atoms with Crippen molar-refractivity contribution in [1.29, 1.82) is 0 Å². The maximum absolute atomic E-state index is 2.66. The van der Waals surface area contributed by atoms with Crippen LogP contribution < -0.4 is 0 Å². The molecule has 0 aliphatic heterocycles. The zero-order chi connectivity index (χ0) is 12.4. The Kier molecular flexibility index (Phi) is 9.02. The lowest BCUT2D eigenvalue weighted by molar-refractivity contribution is 0.131. The van der Waals surface area contributed by atoms with E-state index in [2.05, 4.69) is 39.5 Å². The van der Waals surface area contributed by atoms with E-state index in [1.807, 2.05) is 0 Å². The van der Waals surface area contributed by atoms with Crippen LogP contribution >= 0.6 is 0 Å². The molecule has 0 aliphatic carbocycles. The molecule has 0 saturated heterocycles. The molecule has 0 saturated carbocycles. The van der Waals surface area contributed by atoms with Crippen LogP contribution in [0.15, 0.2) is 0 Å². The van der Waals surface area contributed by atoms with Crippen LogP contribution in [0.5, 0.6) is 0 Å². The molecule has 0 rings (SSSR count). The second kappa shape index (κ2) is 9.04. The average Bonchev–Trinajstić information content (AvgIpc) is 2.20. The minimum absolute atomic E-state index is 0.347.